The Kier molecular flexibility index (Phi) is 7.26. The molecule has 28 heavy (non-hydrogen) atoms. The van der Waals surface area contributed by atoms with Crippen LogP contribution in [0.15, 0.2) is 70.3 Å². The second-order valence-electron chi connectivity index (χ2n) is 5.38. The zero-order valence-corrected chi connectivity index (χ0v) is 16.6. The van der Waals surface area contributed by atoms with Crippen LogP contribution < -0.4 is 15.8 Å². The van der Waals surface area contributed by atoms with Crippen molar-refractivity contribution in [3.8, 4) is 17.2 Å². The van der Waals surface area contributed by atoms with Gasteiger partial charge in [0, 0.05) is 5.56 Å². The lowest BCUT2D eigenvalue weighted by Gasteiger charge is -2.13. The first-order valence-corrected chi connectivity index (χ1v) is 7.82. The summed E-state index contributed by atoms with van der Waals surface area (Å²) in [6.45, 7) is 0.0947. The van der Waals surface area contributed by atoms with E-state index >= 15 is 0 Å². The summed E-state index contributed by atoms with van der Waals surface area (Å²) in [7, 11) is 0. The van der Waals surface area contributed by atoms with E-state index in [0.29, 0.717) is 11.6 Å². The number of halogens is 4. The van der Waals surface area contributed by atoms with Crippen LogP contribution in [-0.2, 0) is 6.54 Å². The SMILES string of the molecule is I.NC(=NCc1coc(-c2ccccc2)n1)Nc1ccccc1OC(F)(F)F. The quantitative estimate of drug-likeness (QED) is 0.297. The normalized spacial score (nSPS) is 11.6. The molecule has 0 unspecified atom stereocenters. The van der Waals surface area contributed by atoms with Gasteiger partial charge in [-0.1, -0.05) is 30.3 Å². The molecule has 0 amide bonds. The lowest BCUT2D eigenvalue weighted by atomic mass is 10.2. The highest BCUT2D eigenvalue weighted by Gasteiger charge is 2.32. The number of hydrogen-bond acceptors (Lipinski definition) is 4. The average molecular weight is 504 g/mol. The third-order valence-electron chi connectivity index (χ3n) is 3.36. The first-order chi connectivity index (χ1) is 12.9. The van der Waals surface area contributed by atoms with Crippen LogP contribution in [-0.4, -0.2) is 17.3 Å². The first kappa shape index (κ1) is 21.5. The minimum Gasteiger partial charge on any atom is -0.444 e. The van der Waals surface area contributed by atoms with Crippen LogP contribution in [0.5, 0.6) is 5.75 Å². The number of nitrogens with two attached hydrogens (primary N) is 1. The number of benzene rings is 2. The molecule has 2 aromatic carbocycles. The van der Waals surface area contributed by atoms with Gasteiger partial charge in [-0.25, -0.2) is 9.98 Å². The number of para-hydroxylation sites is 2. The van der Waals surface area contributed by atoms with Crippen molar-refractivity contribution >= 4 is 35.6 Å². The zero-order chi connectivity index (χ0) is 19.3. The van der Waals surface area contributed by atoms with Crippen LogP contribution in [0.25, 0.3) is 11.5 Å². The molecular weight excluding hydrogens is 488 g/mol. The molecule has 1 heterocycles. The van der Waals surface area contributed by atoms with Gasteiger partial charge in [0.25, 0.3) is 0 Å². The Morgan fingerprint density at radius 2 is 1.79 bits per heavy atom. The van der Waals surface area contributed by atoms with Gasteiger partial charge in [0.15, 0.2) is 11.7 Å². The Balaban J connectivity index is 0.00000280. The number of anilines is 1. The molecule has 0 fully saturated rings. The molecule has 0 aliphatic heterocycles. The lowest BCUT2D eigenvalue weighted by molar-refractivity contribution is -0.274. The Labute approximate surface area is 175 Å². The molecule has 1 aromatic heterocycles. The van der Waals surface area contributed by atoms with Crippen LogP contribution in [0.1, 0.15) is 5.69 Å². The fourth-order valence-electron chi connectivity index (χ4n) is 2.22. The molecular formula is C18H16F3IN4O2. The summed E-state index contributed by atoms with van der Waals surface area (Å²) >= 11 is 0. The van der Waals surface area contributed by atoms with Crippen LogP contribution in [0.4, 0.5) is 18.9 Å². The van der Waals surface area contributed by atoms with Gasteiger partial charge in [-0.15, -0.1) is 37.1 Å². The molecule has 0 aliphatic carbocycles. The molecule has 0 spiro atoms. The summed E-state index contributed by atoms with van der Waals surface area (Å²) < 4.78 is 46.7. The maximum atomic E-state index is 12.4. The molecule has 3 rings (SSSR count). The van der Waals surface area contributed by atoms with Gasteiger partial charge in [-0.3, -0.25) is 0 Å². The second-order valence-corrected chi connectivity index (χ2v) is 5.38. The third-order valence-corrected chi connectivity index (χ3v) is 3.36. The Morgan fingerprint density at radius 3 is 2.50 bits per heavy atom. The van der Waals surface area contributed by atoms with E-state index in [1.807, 2.05) is 30.3 Å². The van der Waals surface area contributed by atoms with Gasteiger partial charge in [-0.2, -0.15) is 0 Å². The number of aromatic nitrogens is 1. The standard InChI is InChI=1S/C18H15F3N4O2.HI/c19-18(20,21)27-15-9-5-4-8-14(15)25-17(22)23-10-13-11-26-16(24-13)12-6-2-1-3-7-12;/h1-9,11H,10H2,(H3,22,23,25);1H. The lowest BCUT2D eigenvalue weighted by Crippen LogP contribution is -2.24. The maximum absolute atomic E-state index is 12.4. The molecule has 0 bridgehead atoms. The molecule has 6 nitrogen and oxygen atoms in total. The number of hydrogen-bond donors (Lipinski definition) is 2. The topological polar surface area (TPSA) is 85.7 Å². The molecule has 0 aliphatic rings. The van der Waals surface area contributed by atoms with Crippen LogP contribution in [0, 0.1) is 0 Å². The minimum absolute atomic E-state index is 0. The van der Waals surface area contributed by atoms with Crippen molar-refractivity contribution < 1.29 is 22.3 Å². The second kappa shape index (κ2) is 9.44. The van der Waals surface area contributed by atoms with Crippen molar-refractivity contribution in [3.63, 3.8) is 0 Å². The monoisotopic (exact) mass is 504 g/mol. The van der Waals surface area contributed by atoms with E-state index in [1.165, 1.54) is 24.5 Å². The summed E-state index contributed by atoms with van der Waals surface area (Å²) in [5.41, 5.74) is 7.13. The summed E-state index contributed by atoms with van der Waals surface area (Å²) in [5.74, 6) is -0.0512. The number of aliphatic imine (C=N–C) groups is 1. The molecule has 3 aromatic rings. The predicted molar refractivity (Wildman–Crippen MR) is 109 cm³/mol. The highest BCUT2D eigenvalue weighted by molar-refractivity contribution is 14.0. The van der Waals surface area contributed by atoms with E-state index in [2.05, 4.69) is 20.0 Å². The van der Waals surface area contributed by atoms with Crippen molar-refractivity contribution in [1.82, 2.24) is 4.98 Å². The third kappa shape index (κ3) is 6.15. The van der Waals surface area contributed by atoms with Gasteiger partial charge >= 0.3 is 6.36 Å². The Hall–Kier alpha value is -2.76. The summed E-state index contributed by atoms with van der Waals surface area (Å²) in [6, 6.07) is 14.8. The van der Waals surface area contributed by atoms with Gasteiger partial charge in [0.1, 0.15) is 12.0 Å². The molecule has 10 heteroatoms. The number of rotatable bonds is 5. The summed E-state index contributed by atoms with van der Waals surface area (Å²) in [6.07, 6.45) is -3.36. The van der Waals surface area contributed by atoms with Crippen molar-refractivity contribution in [3.05, 3.63) is 66.6 Å². The number of nitrogens with one attached hydrogen (secondary N) is 1. The Bertz CT molecular complexity index is 930. The maximum Gasteiger partial charge on any atom is 0.573 e. The van der Waals surface area contributed by atoms with E-state index in [9.17, 15) is 13.2 Å². The molecule has 148 valence electrons. The van der Waals surface area contributed by atoms with Crippen molar-refractivity contribution in [1.29, 1.82) is 0 Å². The van der Waals surface area contributed by atoms with Gasteiger partial charge in [-0.05, 0) is 24.3 Å². The molecule has 0 saturated carbocycles. The van der Waals surface area contributed by atoms with E-state index < -0.39 is 12.1 Å². The smallest absolute Gasteiger partial charge is 0.444 e. The predicted octanol–water partition coefficient (Wildman–Crippen LogP) is 4.79. The van der Waals surface area contributed by atoms with E-state index in [-0.39, 0.29) is 42.2 Å². The number of nitrogens with zero attached hydrogens (tertiary/aromatic N) is 2. The fourth-order valence-corrected chi connectivity index (χ4v) is 2.22. The van der Waals surface area contributed by atoms with Crippen molar-refractivity contribution in [2.45, 2.75) is 12.9 Å². The van der Waals surface area contributed by atoms with Gasteiger partial charge in [0.2, 0.25) is 5.89 Å². The highest BCUT2D eigenvalue weighted by atomic mass is 127. The molecule has 0 atom stereocenters. The average Bonchev–Trinajstić information content (AvgIpc) is 3.10. The van der Waals surface area contributed by atoms with Gasteiger partial charge in [0.05, 0.1) is 12.2 Å². The number of ether oxygens (including phenoxy) is 1. The Morgan fingerprint density at radius 1 is 1.11 bits per heavy atom. The summed E-state index contributed by atoms with van der Waals surface area (Å²) in [5, 5.41) is 2.59. The highest BCUT2D eigenvalue weighted by Crippen LogP contribution is 2.29. The number of alkyl halides is 3. The first-order valence-electron chi connectivity index (χ1n) is 7.82. The van der Waals surface area contributed by atoms with Crippen LogP contribution in [0.3, 0.4) is 0 Å². The number of guanidine groups is 1. The largest absolute Gasteiger partial charge is 0.573 e. The minimum atomic E-state index is -4.81. The number of oxazole rings is 1. The fraction of sp³-hybridized carbons (Fsp3) is 0.111. The molecule has 0 radical (unpaired) electrons. The van der Waals surface area contributed by atoms with Crippen LogP contribution >= 0.6 is 24.0 Å². The zero-order valence-electron chi connectivity index (χ0n) is 14.3. The van der Waals surface area contributed by atoms with E-state index in [4.69, 9.17) is 10.2 Å². The van der Waals surface area contributed by atoms with E-state index in [0.717, 1.165) is 5.56 Å². The van der Waals surface area contributed by atoms with Gasteiger partial charge < -0.3 is 20.2 Å². The van der Waals surface area contributed by atoms with E-state index in [1.54, 1.807) is 6.07 Å². The van der Waals surface area contributed by atoms with Crippen molar-refractivity contribution in [2.75, 3.05) is 5.32 Å². The molecule has 3 N–H and O–H groups in total. The summed E-state index contributed by atoms with van der Waals surface area (Å²) in [4.78, 5) is 8.35. The molecule has 0 saturated heterocycles. The van der Waals surface area contributed by atoms with Crippen molar-refractivity contribution in [2.24, 2.45) is 10.7 Å². The van der Waals surface area contributed by atoms with Crippen LogP contribution in [0.2, 0.25) is 0 Å².